The number of nitrogens with zero attached hydrogens (tertiary/aromatic N) is 3. The van der Waals surface area contributed by atoms with Gasteiger partial charge in [-0.2, -0.15) is 0 Å². The van der Waals surface area contributed by atoms with Gasteiger partial charge in [0.25, 0.3) is 0 Å². The fourth-order valence-corrected chi connectivity index (χ4v) is 2.90. The number of hydrogen-bond donors (Lipinski definition) is 0. The van der Waals surface area contributed by atoms with Crippen LogP contribution in [0.2, 0.25) is 0 Å². The largest absolute Gasteiger partial charge is 0.338 e. The summed E-state index contributed by atoms with van der Waals surface area (Å²) in [6.45, 7) is 10.1. The minimum Gasteiger partial charge on any atom is -0.338 e. The quantitative estimate of drug-likeness (QED) is 0.518. The Labute approximate surface area is 137 Å². The third-order valence-electron chi connectivity index (χ3n) is 4.20. The van der Waals surface area contributed by atoms with Gasteiger partial charge in [0.1, 0.15) is 0 Å². The van der Waals surface area contributed by atoms with E-state index in [0.29, 0.717) is 6.04 Å². The molecule has 0 fully saturated rings. The third kappa shape index (κ3) is 6.33. The van der Waals surface area contributed by atoms with Gasteiger partial charge < -0.3 is 4.90 Å². The highest BCUT2D eigenvalue weighted by atomic mass is 15.3. The van der Waals surface area contributed by atoms with E-state index in [1.165, 1.54) is 56.9 Å². The predicted octanol–water partition coefficient (Wildman–Crippen LogP) is 5.39. The Morgan fingerprint density at radius 3 is 1.95 bits per heavy atom. The average molecular weight is 306 g/mol. The second-order valence-corrected chi connectivity index (χ2v) is 6.27. The summed E-state index contributed by atoms with van der Waals surface area (Å²) in [6, 6.07) is 0.586. The molecule has 0 saturated carbocycles. The Hall–Kier alpha value is -1.12. The van der Waals surface area contributed by atoms with E-state index in [-0.39, 0.29) is 0 Å². The lowest BCUT2D eigenvalue weighted by atomic mass is 10.0. The second kappa shape index (κ2) is 11.4. The molecule has 0 aliphatic heterocycles. The average Bonchev–Trinajstić information content (AvgIpc) is 2.54. The van der Waals surface area contributed by atoms with Gasteiger partial charge >= 0.3 is 0 Å². The van der Waals surface area contributed by atoms with Crippen LogP contribution in [0.3, 0.4) is 0 Å². The second-order valence-electron chi connectivity index (χ2n) is 6.27. The van der Waals surface area contributed by atoms with Gasteiger partial charge in [0.2, 0.25) is 5.95 Å². The van der Waals surface area contributed by atoms with Crippen LogP contribution in [0, 0.1) is 0 Å². The maximum atomic E-state index is 4.69. The van der Waals surface area contributed by atoms with Crippen LogP contribution in [0.25, 0.3) is 0 Å². The van der Waals surface area contributed by atoms with Gasteiger partial charge in [-0.3, -0.25) is 0 Å². The zero-order valence-electron chi connectivity index (χ0n) is 15.1. The van der Waals surface area contributed by atoms with Crippen LogP contribution < -0.4 is 4.90 Å². The SMILES string of the molecule is CCCCc1cnc(N(CCCC)C(CCC)CCC)nc1. The number of aryl methyl sites for hydroxylation is 1. The van der Waals surface area contributed by atoms with E-state index in [4.69, 9.17) is 0 Å². The van der Waals surface area contributed by atoms with E-state index in [1.54, 1.807) is 0 Å². The van der Waals surface area contributed by atoms with Gasteiger partial charge in [-0.1, -0.05) is 53.4 Å². The van der Waals surface area contributed by atoms with Crippen molar-refractivity contribution in [3.63, 3.8) is 0 Å². The Balaban J connectivity index is 2.84. The first kappa shape index (κ1) is 18.9. The Kier molecular flexibility index (Phi) is 9.85. The maximum absolute atomic E-state index is 4.69. The van der Waals surface area contributed by atoms with E-state index in [0.717, 1.165) is 18.9 Å². The van der Waals surface area contributed by atoms with Crippen LogP contribution in [0.4, 0.5) is 5.95 Å². The number of rotatable bonds is 12. The molecule has 1 heterocycles. The molecule has 3 heteroatoms. The van der Waals surface area contributed by atoms with E-state index >= 15 is 0 Å². The first-order chi connectivity index (χ1) is 10.8. The lowest BCUT2D eigenvalue weighted by Gasteiger charge is -2.32. The molecule has 0 aromatic carbocycles. The number of anilines is 1. The van der Waals surface area contributed by atoms with E-state index in [1.807, 2.05) is 12.4 Å². The normalized spacial score (nSPS) is 11.1. The van der Waals surface area contributed by atoms with Gasteiger partial charge in [0, 0.05) is 25.0 Å². The fraction of sp³-hybridized carbons (Fsp3) is 0.789. The summed E-state index contributed by atoms with van der Waals surface area (Å²) in [5.41, 5.74) is 1.27. The standard InChI is InChI=1S/C19H35N3/c1-5-9-13-17-15-20-19(21-16-17)22(14-10-6-2)18(11-7-3)12-8-4/h15-16,18H,5-14H2,1-4H3. The van der Waals surface area contributed by atoms with Crippen LogP contribution in [0.15, 0.2) is 12.4 Å². The van der Waals surface area contributed by atoms with E-state index in [2.05, 4.69) is 42.6 Å². The van der Waals surface area contributed by atoms with Crippen molar-refractivity contribution in [1.82, 2.24) is 9.97 Å². The van der Waals surface area contributed by atoms with Crippen molar-refractivity contribution in [3.05, 3.63) is 18.0 Å². The highest BCUT2D eigenvalue weighted by Crippen LogP contribution is 2.20. The Morgan fingerprint density at radius 2 is 1.45 bits per heavy atom. The molecule has 1 rings (SSSR count). The van der Waals surface area contributed by atoms with E-state index < -0.39 is 0 Å². The number of hydrogen-bond acceptors (Lipinski definition) is 3. The van der Waals surface area contributed by atoms with Crippen molar-refractivity contribution in [2.24, 2.45) is 0 Å². The zero-order chi connectivity index (χ0) is 16.2. The molecule has 22 heavy (non-hydrogen) atoms. The molecule has 0 spiro atoms. The van der Waals surface area contributed by atoms with Gasteiger partial charge in [-0.05, 0) is 37.7 Å². The van der Waals surface area contributed by atoms with Crippen LogP contribution >= 0.6 is 0 Å². The van der Waals surface area contributed by atoms with Gasteiger partial charge in [0.15, 0.2) is 0 Å². The summed E-state index contributed by atoms with van der Waals surface area (Å²) in [7, 11) is 0. The molecule has 3 nitrogen and oxygen atoms in total. The minimum absolute atomic E-state index is 0.586. The van der Waals surface area contributed by atoms with Crippen molar-refractivity contribution in [2.75, 3.05) is 11.4 Å². The smallest absolute Gasteiger partial charge is 0.225 e. The highest BCUT2D eigenvalue weighted by molar-refractivity contribution is 5.31. The van der Waals surface area contributed by atoms with Gasteiger partial charge in [-0.15, -0.1) is 0 Å². The molecular weight excluding hydrogens is 270 g/mol. The molecule has 1 aromatic heterocycles. The lowest BCUT2D eigenvalue weighted by molar-refractivity contribution is 0.489. The minimum atomic E-state index is 0.586. The molecule has 0 bridgehead atoms. The maximum Gasteiger partial charge on any atom is 0.225 e. The summed E-state index contributed by atoms with van der Waals surface area (Å²) < 4.78 is 0. The molecule has 0 aliphatic rings. The van der Waals surface area contributed by atoms with Crippen LogP contribution in [-0.4, -0.2) is 22.6 Å². The van der Waals surface area contributed by atoms with Crippen molar-refractivity contribution in [3.8, 4) is 0 Å². The molecular formula is C19H35N3. The zero-order valence-corrected chi connectivity index (χ0v) is 15.1. The molecule has 0 amide bonds. The molecule has 1 aromatic rings. The van der Waals surface area contributed by atoms with Gasteiger partial charge in [-0.25, -0.2) is 9.97 Å². The third-order valence-corrected chi connectivity index (χ3v) is 4.20. The first-order valence-corrected chi connectivity index (χ1v) is 9.34. The Bertz CT molecular complexity index is 369. The summed E-state index contributed by atoms with van der Waals surface area (Å²) in [5, 5.41) is 0. The molecule has 0 radical (unpaired) electrons. The molecule has 0 aliphatic carbocycles. The van der Waals surface area contributed by atoms with Crippen molar-refractivity contribution < 1.29 is 0 Å². The number of unbranched alkanes of at least 4 members (excludes halogenated alkanes) is 2. The van der Waals surface area contributed by atoms with Crippen LogP contribution in [0.5, 0.6) is 0 Å². The topological polar surface area (TPSA) is 29.0 Å². The monoisotopic (exact) mass is 305 g/mol. The van der Waals surface area contributed by atoms with Gasteiger partial charge in [0.05, 0.1) is 0 Å². The molecule has 0 saturated heterocycles. The molecule has 0 atom stereocenters. The van der Waals surface area contributed by atoms with E-state index in [9.17, 15) is 0 Å². The predicted molar refractivity (Wildman–Crippen MR) is 96.5 cm³/mol. The van der Waals surface area contributed by atoms with Crippen molar-refractivity contribution in [2.45, 2.75) is 91.5 Å². The summed E-state index contributed by atoms with van der Waals surface area (Å²) in [6.07, 6.45) is 15.0. The molecule has 126 valence electrons. The highest BCUT2D eigenvalue weighted by Gasteiger charge is 2.19. The van der Waals surface area contributed by atoms with Crippen molar-refractivity contribution in [1.29, 1.82) is 0 Å². The molecule has 0 unspecified atom stereocenters. The summed E-state index contributed by atoms with van der Waals surface area (Å²) >= 11 is 0. The van der Waals surface area contributed by atoms with Crippen molar-refractivity contribution >= 4 is 5.95 Å². The first-order valence-electron chi connectivity index (χ1n) is 9.34. The lowest BCUT2D eigenvalue weighted by Crippen LogP contribution is -2.37. The number of aromatic nitrogens is 2. The molecule has 0 N–H and O–H groups in total. The van der Waals surface area contributed by atoms with Crippen LogP contribution in [-0.2, 0) is 6.42 Å². The summed E-state index contributed by atoms with van der Waals surface area (Å²) in [4.78, 5) is 11.8. The van der Waals surface area contributed by atoms with Crippen LogP contribution in [0.1, 0.15) is 84.6 Å². The summed E-state index contributed by atoms with van der Waals surface area (Å²) in [5.74, 6) is 0.931. The Morgan fingerprint density at radius 1 is 0.864 bits per heavy atom. The fourth-order valence-electron chi connectivity index (χ4n) is 2.90.